The maximum Gasteiger partial charge on any atom is 0.305 e. The molecule has 4 heteroatoms. The van der Waals surface area contributed by atoms with Crippen molar-refractivity contribution < 1.29 is 14.7 Å². The van der Waals surface area contributed by atoms with Gasteiger partial charge in [0, 0.05) is 5.92 Å². The second-order valence-electron chi connectivity index (χ2n) is 4.89. The molecule has 1 saturated carbocycles. The van der Waals surface area contributed by atoms with Crippen LogP contribution in [-0.2, 0) is 9.59 Å². The van der Waals surface area contributed by atoms with Crippen LogP contribution in [0.1, 0.15) is 31.4 Å². The summed E-state index contributed by atoms with van der Waals surface area (Å²) in [6, 6.07) is 8.79. The minimum Gasteiger partial charge on any atom is -0.481 e. The highest BCUT2D eigenvalue weighted by molar-refractivity contribution is 5.82. The lowest BCUT2D eigenvalue weighted by molar-refractivity contribution is -0.137. The molecule has 0 aromatic heterocycles. The molecule has 18 heavy (non-hydrogen) atoms. The lowest BCUT2D eigenvalue weighted by Crippen LogP contribution is -2.31. The summed E-state index contributed by atoms with van der Waals surface area (Å²) >= 11 is 0. The van der Waals surface area contributed by atoms with E-state index in [-0.39, 0.29) is 18.2 Å². The second kappa shape index (κ2) is 5.21. The SMILES string of the molecule is C[C@H]1C[C@@H]1C(=O)N[C@@H](CC(=O)O)c1ccccc1. The van der Waals surface area contributed by atoms with E-state index in [9.17, 15) is 9.59 Å². The van der Waals surface area contributed by atoms with Gasteiger partial charge in [-0.25, -0.2) is 0 Å². The fourth-order valence-electron chi connectivity index (χ4n) is 2.08. The van der Waals surface area contributed by atoms with Gasteiger partial charge in [-0.3, -0.25) is 9.59 Å². The number of carbonyl (C=O) groups excluding carboxylic acids is 1. The minimum absolute atomic E-state index is 0.0300. The molecule has 1 fully saturated rings. The molecule has 2 N–H and O–H groups in total. The highest BCUT2D eigenvalue weighted by atomic mass is 16.4. The number of amides is 1. The maximum absolute atomic E-state index is 11.9. The van der Waals surface area contributed by atoms with Crippen LogP contribution in [0, 0.1) is 11.8 Å². The van der Waals surface area contributed by atoms with Gasteiger partial charge in [-0.05, 0) is 17.9 Å². The quantitative estimate of drug-likeness (QED) is 0.836. The van der Waals surface area contributed by atoms with Crippen LogP contribution in [0.2, 0.25) is 0 Å². The van der Waals surface area contributed by atoms with Gasteiger partial charge in [0.1, 0.15) is 0 Å². The molecule has 2 rings (SSSR count). The Labute approximate surface area is 106 Å². The van der Waals surface area contributed by atoms with Crippen molar-refractivity contribution in [3.63, 3.8) is 0 Å². The number of benzene rings is 1. The van der Waals surface area contributed by atoms with Crippen LogP contribution in [-0.4, -0.2) is 17.0 Å². The number of carbonyl (C=O) groups is 2. The van der Waals surface area contributed by atoms with Crippen LogP contribution in [0.3, 0.4) is 0 Å². The number of carboxylic acids is 1. The standard InChI is InChI=1S/C14H17NO3/c1-9-7-11(9)14(18)15-12(8-13(16)17)10-5-3-2-4-6-10/h2-6,9,11-12H,7-8H2,1H3,(H,15,18)(H,16,17)/t9-,11-,12-/m0/s1. The van der Waals surface area contributed by atoms with Crippen molar-refractivity contribution in [2.75, 3.05) is 0 Å². The van der Waals surface area contributed by atoms with Gasteiger partial charge in [-0.1, -0.05) is 37.3 Å². The van der Waals surface area contributed by atoms with Gasteiger partial charge in [-0.2, -0.15) is 0 Å². The molecule has 96 valence electrons. The van der Waals surface area contributed by atoms with Crippen LogP contribution in [0.15, 0.2) is 30.3 Å². The van der Waals surface area contributed by atoms with Crippen molar-refractivity contribution in [2.45, 2.75) is 25.8 Å². The Morgan fingerprint density at radius 2 is 2.00 bits per heavy atom. The highest BCUT2D eigenvalue weighted by Gasteiger charge is 2.39. The van der Waals surface area contributed by atoms with Crippen molar-refractivity contribution in [3.8, 4) is 0 Å². The molecule has 0 aliphatic heterocycles. The lowest BCUT2D eigenvalue weighted by atomic mass is 10.0. The predicted molar refractivity (Wildman–Crippen MR) is 66.8 cm³/mol. The molecule has 1 amide bonds. The number of nitrogens with one attached hydrogen (secondary N) is 1. The van der Waals surface area contributed by atoms with Crippen molar-refractivity contribution in [2.24, 2.45) is 11.8 Å². The average Bonchev–Trinajstić information content (AvgIpc) is 3.06. The first-order valence-corrected chi connectivity index (χ1v) is 6.15. The number of rotatable bonds is 5. The van der Waals surface area contributed by atoms with E-state index in [0.717, 1.165) is 12.0 Å². The Bertz CT molecular complexity index is 444. The summed E-state index contributed by atoms with van der Waals surface area (Å²) in [4.78, 5) is 22.7. The third-order valence-electron chi connectivity index (χ3n) is 3.34. The molecule has 3 atom stereocenters. The second-order valence-corrected chi connectivity index (χ2v) is 4.89. The topological polar surface area (TPSA) is 66.4 Å². The lowest BCUT2D eigenvalue weighted by Gasteiger charge is -2.17. The summed E-state index contributed by atoms with van der Waals surface area (Å²) in [5, 5.41) is 11.8. The third kappa shape index (κ3) is 3.09. The minimum atomic E-state index is -0.909. The Morgan fingerprint density at radius 3 is 2.50 bits per heavy atom. The van der Waals surface area contributed by atoms with Crippen LogP contribution in [0.25, 0.3) is 0 Å². The third-order valence-corrected chi connectivity index (χ3v) is 3.34. The molecular weight excluding hydrogens is 230 g/mol. The van der Waals surface area contributed by atoms with Crippen LogP contribution in [0.4, 0.5) is 0 Å². The molecule has 1 aromatic carbocycles. The van der Waals surface area contributed by atoms with Gasteiger partial charge >= 0.3 is 5.97 Å². The fourth-order valence-corrected chi connectivity index (χ4v) is 2.08. The predicted octanol–water partition coefficient (Wildman–Crippen LogP) is 1.97. The number of aliphatic carboxylic acids is 1. The zero-order valence-corrected chi connectivity index (χ0v) is 10.3. The smallest absolute Gasteiger partial charge is 0.305 e. The Balaban J connectivity index is 2.05. The van der Waals surface area contributed by atoms with Gasteiger partial charge in [0.15, 0.2) is 0 Å². The molecule has 0 heterocycles. The van der Waals surface area contributed by atoms with Crippen LogP contribution >= 0.6 is 0 Å². The zero-order valence-electron chi connectivity index (χ0n) is 10.3. The Kier molecular flexibility index (Phi) is 3.65. The van der Waals surface area contributed by atoms with Crippen molar-refractivity contribution in [1.82, 2.24) is 5.32 Å². The van der Waals surface area contributed by atoms with E-state index in [4.69, 9.17) is 5.11 Å². The molecule has 0 radical (unpaired) electrons. The van der Waals surface area contributed by atoms with E-state index < -0.39 is 12.0 Å². The highest BCUT2D eigenvalue weighted by Crippen LogP contribution is 2.38. The van der Waals surface area contributed by atoms with Crippen molar-refractivity contribution >= 4 is 11.9 Å². The Hall–Kier alpha value is -1.84. The largest absolute Gasteiger partial charge is 0.481 e. The normalized spacial score (nSPS) is 23.2. The number of hydrogen-bond acceptors (Lipinski definition) is 2. The molecule has 0 spiro atoms. The fraction of sp³-hybridized carbons (Fsp3) is 0.429. The summed E-state index contributed by atoms with van der Waals surface area (Å²) in [5.41, 5.74) is 0.835. The van der Waals surface area contributed by atoms with Gasteiger partial charge < -0.3 is 10.4 Å². The van der Waals surface area contributed by atoms with Gasteiger partial charge in [0.25, 0.3) is 0 Å². The molecule has 0 saturated heterocycles. The molecular formula is C14H17NO3. The van der Waals surface area contributed by atoms with E-state index >= 15 is 0 Å². The van der Waals surface area contributed by atoms with E-state index in [1.54, 1.807) is 0 Å². The van der Waals surface area contributed by atoms with Gasteiger partial charge in [-0.15, -0.1) is 0 Å². The van der Waals surface area contributed by atoms with Crippen LogP contribution < -0.4 is 5.32 Å². The van der Waals surface area contributed by atoms with E-state index in [2.05, 4.69) is 5.32 Å². The summed E-state index contributed by atoms with van der Waals surface area (Å²) in [6.07, 6.45) is 0.817. The summed E-state index contributed by atoms with van der Waals surface area (Å²) < 4.78 is 0. The summed E-state index contributed by atoms with van der Waals surface area (Å²) in [6.45, 7) is 2.03. The molecule has 1 aromatic rings. The van der Waals surface area contributed by atoms with Gasteiger partial charge in [0.05, 0.1) is 12.5 Å². The monoisotopic (exact) mass is 247 g/mol. The zero-order chi connectivity index (χ0) is 13.1. The number of carboxylic acid groups (broad SMARTS) is 1. The summed E-state index contributed by atoms with van der Waals surface area (Å²) in [7, 11) is 0. The Morgan fingerprint density at radius 1 is 1.39 bits per heavy atom. The van der Waals surface area contributed by atoms with Crippen LogP contribution in [0.5, 0.6) is 0 Å². The average molecular weight is 247 g/mol. The van der Waals surface area contributed by atoms with E-state index in [1.165, 1.54) is 0 Å². The molecule has 4 nitrogen and oxygen atoms in total. The summed E-state index contributed by atoms with van der Waals surface area (Å²) in [5.74, 6) is -0.457. The van der Waals surface area contributed by atoms with Crippen molar-refractivity contribution in [1.29, 1.82) is 0 Å². The first-order valence-electron chi connectivity index (χ1n) is 6.15. The molecule has 0 bridgehead atoms. The van der Waals surface area contributed by atoms with Crippen molar-refractivity contribution in [3.05, 3.63) is 35.9 Å². The number of hydrogen-bond donors (Lipinski definition) is 2. The van der Waals surface area contributed by atoms with Gasteiger partial charge in [0.2, 0.25) is 5.91 Å². The first-order chi connectivity index (χ1) is 8.58. The molecule has 1 aliphatic carbocycles. The molecule has 1 aliphatic rings. The molecule has 0 unspecified atom stereocenters. The van der Waals surface area contributed by atoms with E-state index in [1.807, 2.05) is 37.3 Å². The maximum atomic E-state index is 11.9. The van der Waals surface area contributed by atoms with E-state index in [0.29, 0.717) is 5.92 Å². The first kappa shape index (κ1) is 12.6.